The average molecular weight is 418 g/mol. The van der Waals surface area contributed by atoms with E-state index in [9.17, 15) is 13.2 Å². The maximum absolute atomic E-state index is 13.1. The van der Waals surface area contributed by atoms with Gasteiger partial charge in [0.15, 0.2) is 0 Å². The van der Waals surface area contributed by atoms with Gasteiger partial charge in [-0.05, 0) is 54.2 Å². The zero-order valence-corrected chi connectivity index (χ0v) is 18.5. The molecule has 0 aromatic heterocycles. The van der Waals surface area contributed by atoms with Gasteiger partial charge < -0.3 is 9.08 Å². The van der Waals surface area contributed by atoms with E-state index >= 15 is 0 Å². The molecule has 0 aliphatic heterocycles. The van der Waals surface area contributed by atoms with Crippen LogP contribution in [0.2, 0.25) is 0 Å². The molecule has 0 unspecified atom stereocenters. The Hall–Kier alpha value is -2.34. The second kappa shape index (κ2) is 10.4. The molecule has 2 aromatic carbocycles. The van der Waals surface area contributed by atoms with Crippen LogP contribution in [0.1, 0.15) is 55.1 Å². The minimum absolute atomic E-state index is 0.0322. The van der Waals surface area contributed by atoms with Gasteiger partial charge in [0.25, 0.3) is 5.91 Å². The van der Waals surface area contributed by atoms with Crippen LogP contribution in [-0.4, -0.2) is 32.0 Å². The molecule has 0 saturated carbocycles. The van der Waals surface area contributed by atoms with Gasteiger partial charge >= 0.3 is 10.1 Å². The number of benzene rings is 2. The fourth-order valence-corrected chi connectivity index (χ4v) is 3.58. The van der Waals surface area contributed by atoms with E-state index in [2.05, 4.69) is 20.8 Å². The summed E-state index contributed by atoms with van der Waals surface area (Å²) in [6.07, 6.45) is 4.32. The molecule has 2 aromatic rings. The first-order valence-corrected chi connectivity index (χ1v) is 11.9. The van der Waals surface area contributed by atoms with E-state index in [1.54, 1.807) is 23.1 Å². The van der Waals surface area contributed by atoms with Gasteiger partial charge in [0.1, 0.15) is 5.75 Å². The molecule has 0 saturated heterocycles. The highest BCUT2D eigenvalue weighted by Crippen LogP contribution is 2.19. The first-order valence-electron chi connectivity index (χ1n) is 10.0. The van der Waals surface area contributed by atoms with Gasteiger partial charge in [-0.15, -0.1) is 0 Å². The summed E-state index contributed by atoms with van der Waals surface area (Å²) >= 11 is 0. The normalized spacial score (nSPS) is 11.5. The van der Waals surface area contributed by atoms with Crippen molar-refractivity contribution in [1.82, 2.24) is 4.90 Å². The third kappa shape index (κ3) is 7.89. The monoisotopic (exact) mass is 417 g/mol. The largest absolute Gasteiger partial charge is 0.383 e. The molecule has 158 valence electrons. The Morgan fingerprint density at radius 2 is 1.76 bits per heavy atom. The molecular weight excluding hydrogens is 386 g/mol. The van der Waals surface area contributed by atoms with Crippen LogP contribution in [-0.2, 0) is 23.1 Å². The van der Waals surface area contributed by atoms with Crippen LogP contribution < -0.4 is 4.18 Å². The van der Waals surface area contributed by atoms with Crippen molar-refractivity contribution in [3.8, 4) is 5.75 Å². The molecule has 0 radical (unpaired) electrons. The molecule has 0 atom stereocenters. The van der Waals surface area contributed by atoms with Crippen molar-refractivity contribution in [1.29, 1.82) is 0 Å². The van der Waals surface area contributed by atoms with Gasteiger partial charge in [-0.25, -0.2) is 0 Å². The molecule has 0 bridgehead atoms. The van der Waals surface area contributed by atoms with E-state index in [1.807, 2.05) is 30.3 Å². The Kier molecular flexibility index (Phi) is 8.26. The van der Waals surface area contributed by atoms with Crippen LogP contribution in [0.15, 0.2) is 48.5 Å². The summed E-state index contributed by atoms with van der Waals surface area (Å²) in [5.74, 6) is 0.524. The second-order valence-corrected chi connectivity index (χ2v) is 9.39. The molecule has 0 fully saturated rings. The number of hydrogen-bond donors (Lipinski definition) is 0. The summed E-state index contributed by atoms with van der Waals surface area (Å²) in [4.78, 5) is 14.9. The molecular formula is C23H31NO4S. The first kappa shape index (κ1) is 22.9. The second-order valence-electron chi connectivity index (χ2n) is 7.81. The Bertz CT molecular complexity index is 905. The van der Waals surface area contributed by atoms with Crippen molar-refractivity contribution in [2.75, 3.05) is 12.8 Å². The molecule has 0 aliphatic rings. The average Bonchev–Trinajstić information content (AvgIpc) is 2.64. The molecule has 0 heterocycles. The molecule has 5 nitrogen and oxygen atoms in total. The summed E-state index contributed by atoms with van der Waals surface area (Å²) in [7, 11) is -3.59. The van der Waals surface area contributed by atoms with Gasteiger partial charge in [0.2, 0.25) is 0 Å². The first-order chi connectivity index (χ1) is 13.7. The zero-order chi connectivity index (χ0) is 21.4. The van der Waals surface area contributed by atoms with E-state index in [1.165, 1.54) is 5.56 Å². The lowest BCUT2D eigenvalue weighted by molar-refractivity contribution is 0.0722. The summed E-state index contributed by atoms with van der Waals surface area (Å²) in [5.41, 5.74) is 2.72. The quantitative estimate of drug-likeness (QED) is 0.527. The third-order valence-electron chi connectivity index (χ3n) is 4.41. The van der Waals surface area contributed by atoms with Gasteiger partial charge in [0, 0.05) is 18.7 Å². The number of rotatable bonds is 10. The Labute approximate surface area is 174 Å². The lowest BCUT2D eigenvalue weighted by Gasteiger charge is -2.25. The van der Waals surface area contributed by atoms with Gasteiger partial charge in [0.05, 0.1) is 6.26 Å². The van der Waals surface area contributed by atoms with Crippen LogP contribution in [0, 0.1) is 5.92 Å². The van der Waals surface area contributed by atoms with Crippen LogP contribution in [0.4, 0.5) is 0 Å². The van der Waals surface area contributed by atoms with Crippen molar-refractivity contribution < 1.29 is 17.4 Å². The minimum Gasteiger partial charge on any atom is -0.383 e. The van der Waals surface area contributed by atoms with Crippen LogP contribution in [0.3, 0.4) is 0 Å². The topological polar surface area (TPSA) is 63.7 Å². The lowest BCUT2D eigenvalue weighted by Crippen LogP contribution is -2.33. The maximum atomic E-state index is 13.1. The number of carbonyl (C=O) groups is 1. The fourth-order valence-electron chi connectivity index (χ4n) is 3.13. The number of nitrogens with zero attached hydrogens (tertiary/aromatic N) is 1. The number of hydrogen-bond acceptors (Lipinski definition) is 4. The summed E-state index contributed by atoms with van der Waals surface area (Å²) in [6, 6.07) is 14.7. The standard InChI is InChI=1S/C23H31NO4S/c1-5-6-8-19-11-13-21(14-12-19)23(25)24(16-18(2)3)17-20-9-7-10-22(15-20)28-29(4,26)27/h7,9-15,18H,5-6,8,16-17H2,1-4H3. The van der Waals surface area contributed by atoms with Crippen LogP contribution >= 0.6 is 0 Å². The van der Waals surface area contributed by atoms with E-state index in [0.717, 1.165) is 31.1 Å². The van der Waals surface area contributed by atoms with E-state index in [0.29, 0.717) is 24.6 Å². The molecule has 1 amide bonds. The minimum atomic E-state index is -3.59. The van der Waals surface area contributed by atoms with Crippen LogP contribution in [0.5, 0.6) is 5.75 Å². The van der Waals surface area contributed by atoms with Crippen molar-refractivity contribution in [2.24, 2.45) is 5.92 Å². The predicted molar refractivity (Wildman–Crippen MR) is 117 cm³/mol. The summed E-state index contributed by atoms with van der Waals surface area (Å²) < 4.78 is 27.7. The van der Waals surface area contributed by atoms with Crippen molar-refractivity contribution in [2.45, 2.75) is 46.6 Å². The highest BCUT2D eigenvalue weighted by molar-refractivity contribution is 7.86. The van der Waals surface area contributed by atoms with Crippen molar-refractivity contribution in [3.05, 3.63) is 65.2 Å². The lowest BCUT2D eigenvalue weighted by atomic mass is 10.0. The van der Waals surface area contributed by atoms with E-state index < -0.39 is 10.1 Å². The molecule has 6 heteroatoms. The third-order valence-corrected chi connectivity index (χ3v) is 4.91. The Balaban J connectivity index is 2.18. The number of carbonyl (C=O) groups excluding carboxylic acids is 1. The van der Waals surface area contributed by atoms with Gasteiger partial charge in [-0.1, -0.05) is 51.5 Å². The summed E-state index contributed by atoms with van der Waals surface area (Å²) in [6.45, 7) is 7.29. The number of amides is 1. The van der Waals surface area contributed by atoms with E-state index in [4.69, 9.17) is 4.18 Å². The van der Waals surface area contributed by atoms with Crippen LogP contribution in [0.25, 0.3) is 0 Å². The molecule has 0 aliphatic carbocycles. The molecule has 2 rings (SSSR count). The van der Waals surface area contributed by atoms with Gasteiger partial charge in [-0.2, -0.15) is 8.42 Å². The summed E-state index contributed by atoms with van der Waals surface area (Å²) in [5, 5.41) is 0. The molecule has 29 heavy (non-hydrogen) atoms. The fraction of sp³-hybridized carbons (Fsp3) is 0.435. The highest BCUT2D eigenvalue weighted by atomic mass is 32.2. The highest BCUT2D eigenvalue weighted by Gasteiger charge is 2.18. The number of unbranched alkanes of at least 4 members (excludes halogenated alkanes) is 1. The maximum Gasteiger partial charge on any atom is 0.306 e. The zero-order valence-electron chi connectivity index (χ0n) is 17.7. The van der Waals surface area contributed by atoms with Crippen molar-refractivity contribution >= 4 is 16.0 Å². The van der Waals surface area contributed by atoms with Crippen molar-refractivity contribution in [3.63, 3.8) is 0 Å². The Morgan fingerprint density at radius 3 is 2.34 bits per heavy atom. The molecule has 0 spiro atoms. The predicted octanol–water partition coefficient (Wildman–Crippen LogP) is 4.67. The molecule has 0 N–H and O–H groups in total. The number of aryl methyl sites for hydroxylation is 1. The Morgan fingerprint density at radius 1 is 1.07 bits per heavy atom. The SMILES string of the molecule is CCCCc1ccc(C(=O)N(Cc2cccc(OS(C)(=O)=O)c2)CC(C)C)cc1. The van der Waals surface area contributed by atoms with Gasteiger partial charge in [-0.3, -0.25) is 4.79 Å². The smallest absolute Gasteiger partial charge is 0.306 e. The van der Waals surface area contributed by atoms with E-state index in [-0.39, 0.29) is 11.7 Å².